The molecule has 1 aliphatic carbocycles. The van der Waals surface area contributed by atoms with Gasteiger partial charge in [0.1, 0.15) is 5.54 Å². The Morgan fingerprint density at radius 1 is 1.33 bits per heavy atom. The minimum Gasteiger partial charge on any atom is -0.467 e. The molecule has 4 nitrogen and oxygen atoms in total. The molecule has 0 aromatic rings. The molecule has 1 rings (SSSR count). The second-order valence-electron chi connectivity index (χ2n) is 3.83. The summed E-state index contributed by atoms with van der Waals surface area (Å²) in [6.45, 7) is 3.38. The van der Waals surface area contributed by atoms with Gasteiger partial charge in [-0.25, -0.2) is 4.79 Å². The Morgan fingerprint density at radius 3 is 2.40 bits per heavy atom. The molecule has 0 unspecified atom stereocenters. The third kappa shape index (κ3) is 2.58. The van der Waals surface area contributed by atoms with Gasteiger partial charge in [0.15, 0.2) is 0 Å². The molecule has 0 saturated heterocycles. The van der Waals surface area contributed by atoms with Crippen LogP contribution >= 0.6 is 0 Å². The number of esters is 1. The summed E-state index contributed by atoms with van der Waals surface area (Å²) < 4.78 is 4.75. The van der Waals surface area contributed by atoms with E-state index in [1.807, 2.05) is 0 Å². The van der Waals surface area contributed by atoms with Gasteiger partial charge in [0.2, 0.25) is 5.91 Å². The second kappa shape index (κ2) is 4.96. The Labute approximate surface area is 89.7 Å². The predicted molar refractivity (Wildman–Crippen MR) is 56.2 cm³/mol. The van der Waals surface area contributed by atoms with Gasteiger partial charge in [0, 0.05) is 0 Å². The lowest BCUT2D eigenvalue weighted by Gasteiger charge is -2.34. The van der Waals surface area contributed by atoms with Gasteiger partial charge in [-0.3, -0.25) is 4.79 Å². The minimum atomic E-state index is -0.821. The molecule has 0 bridgehead atoms. The molecule has 84 valence electrons. The fourth-order valence-electron chi connectivity index (χ4n) is 2.02. The fraction of sp³-hybridized carbons (Fsp3) is 0.636. The maximum Gasteiger partial charge on any atom is 0.331 e. The van der Waals surface area contributed by atoms with Crippen LogP contribution in [0.25, 0.3) is 0 Å². The normalized spacial score (nSPS) is 19.0. The number of ether oxygens (including phenoxy) is 1. The standard InChI is InChI=1S/C11H17NO3/c1-3-9(13)12-11(10(14)15-2)7-5-4-6-8-11/h3H,1,4-8H2,2H3,(H,12,13). The van der Waals surface area contributed by atoms with Crippen LogP contribution in [0.4, 0.5) is 0 Å². The van der Waals surface area contributed by atoms with Crippen molar-refractivity contribution in [3.8, 4) is 0 Å². The summed E-state index contributed by atoms with van der Waals surface area (Å²) in [6, 6.07) is 0. The number of hydrogen-bond donors (Lipinski definition) is 1. The summed E-state index contributed by atoms with van der Waals surface area (Å²) in [5, 5.41) is 2.70. The predicted octanol–water partition coefficient (Wildman–Crippen LogP) is 1.16. The van der Waals surface area contributed by atoms with Gasteiger partial charge >= 0.3 is 5.97 Å². The van der Waals surface area contributed by atoms with Crippen molar-refractivity contribution in [1.82, 2.24) is 5.32 Å². The van der Waals surface area contributed by atoms with E-state index in [4.69, 9.17) is 4.74 Å². The molecule has 0 atom stereocenters. The molecule has 0 aromatic heterocycles. The van der Waals surface area contributed by atoms with Crippen molar-refractivity contribution in [2.45, 2.75) is 37.6 Å². The molecular weight excluding hydrogens is 194 g/mol. The number of methoxy groups -OCH3 is 1. The van der Waals surface area contributed by atoms with Crippen molar-refractivity contribution in [1.29, 1.82) is 0 Å². The van der Waals surface area contributed by atoms with Crippen LogP contribution in [-0.4, -0.2) is 24.5 Å². The summed E-state index contributed by atoms with van der Waals surface area (Å²) in [5.74, 6) is -0.667. The smallest absolute Gasteiger partial charge is 0.331 e. The molecule has 0 aromatic carbocycles. The highest BCUT2D eigenvalue weighted by molar-refractivity contribution is 5.93. The quantitative estimate of drug-likeness (QED) is 0.563. The molecule has 0 heterocycles. The summed E-state index contributed by atoms with van der Waals surface area (Å²) in [6.07, 6.45) is 5.46. The van der Waals surface area contributed by atoms with E-state index in [1.165, 1.54) is 13.2 Å². The van der Waals surface area contributed by atoms with Crippen molar-refractivity contribution < 1.29 is 14.3 Å². The molecule has 4 heteroatoms. The Kier molecular flexibility index (Phi) is 3.88. The third-order valence-electron chi connectivity index (χ3n) is 2.83. The van der Waals surface area contributed by atoms with Crippen LogP contribution in [0.1, 0.15) is 32.1 Å². The Bertz CT molecular complexity index is 267. The molecule has 1 N–H and O–H groups in total. The van der Waals surface area contributed by atoms with E-state index in [2.05, 4.69) is 11.9 Å². The van der Waals surface area contributed by atoms with Crippen LogP contribution < -0.4 is 5.32 Å². The fourth-order valence-corrected chi connectivity index (χ4v) is 2.02. The maximum absolute atomic E-state index is 11.7. The van der Waals surface area contributed by atoms with Gasteiger partial charge in [0.25, 0.3) is 0 Å². The van der Waals surface area contributed by atoms with E-state index >= 15 is 0 Å². The largest absolute Gasteiger partial charge is 0.467 e. The van der Waals surface area contributed by atoms with E-state index in [-0.39, 0.29) is 11.9 Å². The lowest BCUT2D eigenvalue weighted by atomic mass is 9.81. The van der Waals surface area contributed by atoms with Crippen LogP contribution in [0.15, 0.2) is 12.7 Å². The van der Waals surface area contributed by atoms with Gasteiger partial charge in [0.05, 0.1) is 7.11 Å². The number of hydrogen-bond acceptors (Lipinski definition) is 3. The first-order valence-electron chi connectivity index (χ1n) is 5.17. The first-order chi connectivity index (χ1) is 7.14. The molecule has 1 amide bonds. The van der Waals surface area contributed by atoms with E-state index < -0.39 is 5.54 Å². The van der Waals surface area contributed by atoms with Gasteiger partial charge in [-0.1, -0.05) is 25.8 Å². The molecule has 1 aliphatic rings. The van der Waals surface area contributed by atoms with Crippen LogP contribution in [0.5, 0.6) is 0 Å². The number of carbonyl (C=O) groups is 2. The van der Waals surface area contributed by atoms with Crippen molar-refractivity contribution in [2.24, 2.45) is 0 Å². The molecular formula is C11H17NO3. The van der Waals surface area contributed by atoms with Crippen molar-refractivity contribution >= 4 is 11.9 Å². The molecule has 1 fully saturated rings. The van der Waals surface area contributed by atoms with Gasteiger partial charge in [-0.2, -0.15) is 0 Å². The molecule has 15 heavy (non-hydrogen) atoms. The molecule has 0 radical (unpaired) electrons. The maximum atomic E-state index is 11.7. The Morgan fingerprint density at radius 2 is 1.93 bits per heavy atom. The van der Waals surface area contributed by atoms with Gasteiger partial charge in [-0.05, 0) is 18.9 Å². The van der Waals surface area contributed by atoms with E-state index in [9.17, 15) is 9.59 Å². The lowest BCUT2D eigenvalue weighted by molar-refractivity contribution is -0.152. The summed E-state index contributed by atoms with van der Waals surface area (Å²) >= 11 is 0. The average molecular weight is 211 g/mol. The van der Waals surface area contributed by atoms with Crippen LogP contribution in [0.2, 0.25) is 0 Å². The van der Waals surface area contributed by atoms with Crippen LogP contribution in [0.3, 0.4) is 0 Å². The summed E-state index contributed by atoms with van der Waals surface area (Å²) in [5.41, 5.74) is -0.821. The number of rotatable bonds is 3. The zero-order valence-corrected chi connectivity index (χ0v) is 9.04. The zero-order chi connectivity index (χ0) is 11.3. The van der Waals surface area contributed by atoms with Crippen molar-refractivity contribution in [3.05, 3.63) is 12.7 Å². The van der Waals surface area contributed by atoms with E-state index in [0.717, 1.165) is 19.3 Å². The highest BCUT2D eigenvalue weighted by atomic mass is 16.5. The van der Waals surface area contributed by atoms with Crippen LogP contribution in [-0.2, 0) is 14.3 Å². The second-order valence-corrected chi connectivity index (χ2v) is 3.83. The summed E-state index contributed by atoms with van der Waals surface area (Å²) in [4.78, 5) is 22.9. The SMILES string of the molecule is C=CC(=O)NC1(C(=O)OC)CCCCC1. The van der Waals surface area contributed by atoms with Crippen molar-refractivity contribution in [2.75, 3.05) is 7.11 Å². The number of carbonyl (C=O) groups excluding carboxylic acids is 2. The highest BCUT2D eigenvalue weighted by Gasteiger charge is 2.41. The first kappa shape index (κ1) is 11.8. The monoisotopic (exact) mass is 211 g/mol. The van der Waals surface area contributed by atoms with E-state index in [0.29, 0.717) is 12.8 Å². The average Bonchev–Trinajstić information content (AvgIpc) is 2.29. The highest BCUT2D eigenvalue weighted by Crippen LogP contribution is 2.29. The zero-order valence-electron chi connectivity index (χ0n) is 9.04. The van der Waals surface area contributed by atoms with Gasteiger partial charge in [-0.15, -0.1) is 0 Å². The Balaban J connectivity index is 2.79. The number of nitrogens with one attached hydrogen (secondary N) is 1. The molecule has 1 saturated carbocycles. The lowest BCUT2D eigenvalue weighted by Crippen LogP contribution is -2.55. The topological polar surface area (TPSA) is 55.4 Å². The molecule has 0 aliphatic heterocycles. The first-order valence-corrected chi connectivity index (χ1v) is 5.17. The summed E-state index contributed by atoms with van der Waals surface area (Å²) in [7, 11) is 1.35. The van der Waals surface area contributed by atoms with Crippen molar-refractivity contribution in [3.63, 3.8) is 0 Å². The van der Waals surface area contributed by atoms with Gasteiger partial charge < -0.3 is 10.1 Å². The minimum absolute atomic E-state index is 0.317. The molecule has 0 spiro atoms. The van der Waals surface area contributed by atoms with Crippen LogP contribution in [0, 0.1) is 0 Å². The third-order valence-corrected chi connectivity index (χ3v) is 2.83. The van der Waals surface area contributed by atoms with E-state index in [1.54, 1.807) is 0 Å². The number of amides is 1. The Hall–Kier alpha value is -1.32.